The van der Waals surface area contributed by atoms with Crippen LogP contribution in [0.5, 0.6) is 0 Å². The van der Waals surface area contributed by atoms with Crippen molar-refractivity contribution >= 4 is 29.0 Å². The van der Waals surface area contributed by atoms with Crippen molar-refractivity contribution in [3.8, 4) is 0 Å². The van der Waals surface area contributed by atoms with Crippen molar-refractivity contribution < 1.29 is 24.0 Å². The highest BCUT2D eigenvalue weighted by Gasteiger charge is 2.17. The lowest BCUT2D eigenvalue weighted by molar-refractivity contribution is -0.385. The number of ether oxygens (including phenoxy) is 1. The van der Waals surface area contributed by atoms with Crippen LogP contribution >= 0.6 is 0 Å². The van der Waals surface area contributed by atoms with Gasteiger partial charge in [-0.2, -0.15) is 0 Å². The van der Waals surface area contributed by atoms with Crippen LogP contribution in [0.3, 0.4) is 0 Å². The van der Waals surface area contributed by atoms with Gasteiger partial charge in [-0.05, 0) is 25.1 Å². The Kier molecular flexibility index (Phi) is 6.37. The third-order valence-corrected chi connectivity index (χ3v) is 3.77. The fourth-order valence-corrected chi connectivity index (χ4v) is 2.25. The lowest BCUT2D eigenvalue weighted by Crippen LogP contribution is -2.15. The van der Waals surface area contributed by atoms with Crippen LogP contribution in [-0.2, 0) is 9.53 Å². The van der Waals surface area contributed by atoms with Crippen molar-refractivity contribution in [1.82, 2.24) is 0 Å². The molecule has 0 unspecified atom stereocenters. The Morgan fingerprint density at radius 1 is 1.11 bits per heavy atom. The largest absolute Gasteiger partial charge is 0.454 e. The van der Waals surface area contributed by atoms with Gasteiger partial charge in [0.2, 0.25) is 11.7 Å². The predicted octanol–water partition coefficient (Wildman–Crippen LogP) is 3.29. The number of nitro benzene ring substituents is 1. The van der Waals surface area contributed by atoms with E-state index in [9.17, 15) is 24.5 Å². The van der Waals surface area contributed by atoms with E-state index < -0.39 is 23.3 Å². The average molecular weight is 370 g/mol. The van der Waals surface area contributed by atoms with E-state index in [0.29, 0.717) is 17.7 Å². The lowest BCUT2D eigenvalue weighted by atomic mass is 10.1. The molecule has 8 heteroatoms. The van der Waals surface area contributed by atoms with Gasteiger partial charge >= 0.3 is 5.97 Å². The summed E-state index contributed by atoms with van der Waals surface area (Å²) < 4.78 is 4.99. The molecule has 0 saturated carbocycles. The van der Waals surface area contributed by atoms with Crippen LogP contribution in [0.25, 0.3) is 0 Å². The summed E-state index contributed by atoms with van der Waals surface area (Å²) in [6, 6.07) is 10.2. The fourth-order valence-electron chi connectivity index (χ4n) is 2.25. The van der Waals surface area contributed by atoms with Crippen molar-refractivity contribution in [3.05, 3.63) is 69.3 Å². The first kappa shape index (κ1) is 19.8. The molecule has 1 N–H and O–H groups in total. The number of amides is 1. The topological polar surface area (TPSA) is 116 Å². The third-order valence-electron chi connectivity index (χ3n) is 3.77. The van der Waals surface area contributed by atoms with Crippen LogP contribution in [0.15, 0.2) is 42.5 Å². The molecule has 0 atom stereocenters. The first-order valence-corrected chi connectivity index (χ1v) is 8.17. The Labute approximate surface area is 155 Å². The number of benzene rings is 2. The summed E-state index contributed by atoms with van der Waals surface area (Å²) in [5.41, 5.74) is 0.957. The summed E-state index contributed by atoms with van der Waals surface area (Å²) in [7, 11) is 0. The number of carbonyl (C=O) groups is 3. The van der Waals surface area contributed by atoms with Crippen molar-refractivity contribution in [2.24, 2.45) is 0 Å². The van der Waals surface area contributed by atoms with Gasteiger partial charge in [0.1, 0.15) is 0 Å². The number of aryl methyl sites for hydroxylation is 1. The molecule has 140 valence electrons. The lowest BCUT2D eigenvalue weighted by Gasteiger charge is -2.07. The molecule has 0 aliphatic rings. The quantitative estimate of drug-likeness (QED) is 0.346. The van der Waals surface area contributed by atoms with Crippen molar-refractivity contribution in [3.63, 3.8) is 0 Å². The fraction of sp³-hybridized carbons (Fsp3) is 0.211. The van der Waals surface area contributed by atoms with E-state index in [2.05, 4.69) is 5.32 Å². The Morgan fingerprint density at radius 3 is 2.52 bits per heavy atom. The summed E-state index contributed by atoms with van der Waals surface area (Å²) in [6.07, 6.45) is 0.297. The second kappa shape index (κ2) is 8.70. The van der Waals surface area contributed by atoms with Gasteiger partial charge in [0.25, 0.3) is 5.69 Å². The molecule has 0 bridgehead atoms. The summed E-state index contributed by atoms with van der Waals surface area (Å²) in [6.45, 7) is 2.72. The summed E-state index contributed by atoms with van der Waals surface area (Å²) in [5.74, 6) is -1.49. The van der Waals surface area contributed by atoms with Crippen LogP contribution in [0.2, 0.25) is 0 Å². The first-order chi connectivity index (χ1) is 12.8. The van der Waals surface area contributed by atoms with Gasteiger partial charge in [-0.3, -0.25) is 19.7 Å². The molecule has 0 saturated heterocycles. The van der Waals surface area contributed by atoms with Crippen molar-refractivity contribution in [1.29, 1.82) is 0 Å². The Hall–Kier alpha value is -3.55. The SMILES string of the molecule is CCC(=O)Nc1cccc(C(=O)OCC(=O)c2ccc(C)c([N+](=O)[O-])c2)c1. The number of rotatable bonds is 7. The van der Waals surface area contributed by atoms with Crippen LogP contribution in [0.4, 0.5) is 11.4 Å². The van der Waals surface area contributed by atoms with Crippen LogP contribution in [0, 0.1) is 17.0 Å². The Balaban J connectivity index is 2.04. The molecular formula is C19H18N2O6. The van der Waals surface area contributed by atoms with Crippen molar-refractivity contribution in [2.45, 2.75) is 20.3 Å². The number of Topliss-reactive ketones (excluding diaryl/α,β-unsaturated/α-hetero) is 1. The molecule has 2 rings (SSSR count). The highest BCUT2D eigenvalue weighted by atomic mass is 16.6. The van der Waals surface area contributed by atoms with Gasteiger partial charge in [0.05, 0.1) is 10.5 Å². The Morgan fingerprint density at radius 2 is 1.85 bits per heavy atom. The van der Waals surface area contributed by atoms with Gasteiger partial charge in [-0.1, -0.05) is 25.1 Å². The zero-order chi connectivity index (χ0) is 20.0. The minimum Gasteiger partial charge on any atom is -0.454 e. The number of hydrogen-bond acceptors (Lipinski definition) is 6. The summed E-state index contributed by atoms with van der Waals surface area (Å²) in [4.78, 5) is 46.1. The predicted molar refractivity (Wildman–Crippen MR) is 97.8 cm³/mol. The van der Waals surface area contributed by atoms with E-state index in [4.69, 9.17) is 4.74 Å². The van der Waals surface area contributed by atoms with E-state index in [0.717, 1.165) is 6.07 Å². The van der Waals surface area contributed by atoms with Crippen LogP contribution in [0.1, 0.15) is 39.6 Å². The maximum Gasteiger partial charge on any atom is 0.338 e. The first-order valence-electron chi connectivity index (χ1n) is 8.17. The normalized spacial score (nSPS) is 10.1. The minimum absolute atomic E-state index is 0.0871. The molecule has 0 aromatic heterocycles. The standard InChI is InChI=1S/C19H18N2O6/c1-3-18(23)20-15-6-4-5-14(9-15)19(24)27-11-17(22)13-8-7-12(2)16(10-13)21(25)26/h4-10H,3,11H2,1-2H3,(H,20,23). The molecule has 0 fully saturated rings. The highest BCUT2D eigenvalue weighted by molar-refractivity contribution is 6.00. The highest BCUT2D eigenvalue weighted by Crippen LogP contribution is 2.20. The average Bonchev–Trinajstić information content (AvgIpc) is 2.66. The van der Waals surface area contributed by atoms with E-state index in [1.165, 1.54) is 24.3 Å². The number of hydrogen-bond donors (Lipinski definition) is 1. The van der Waals surface area contributed by atoms with Gasteiger partial charge in [0, 0.05) is 29.3 Å². The molecule has 27 heavy (non-hydrogen) atoms. The van der Waals surface area contributed by atoms with Gasteiger partial charge in [-0.25, -0.2) is 4.79 Å². The number of nitro groups is 1. The third kappa shape index (κ3) is 5.21. The molecular weight excluding hydrogens is 352 g/mol. The zero-order valence-electron chi connectivity index (χ0n) is 14.9. The molecule has 2 aromatic rings. The number of nitrogens with one attached hydrogen (secondary N) is 1. The van der Waals surface area contributed by atoms with Gasteiger partial charge in [-0.15, -0.1) is 0 Å². The number of esters is 1. The molecule has 0 spiro atoms. The number of ketones is 1. The van der Waals surface area contributed by atoms with Gasteiger partial charge < -0.3 is 10.1 Å². The second-order valence-electron chi connectivity index (χ2n) is 5.74. The van der Waals surface area contributed by atoms with E-state index >= 15 is 0 Å². The van der Waals surface area contributed by atoms with E-state index in [1.807, 2.05) is 0 Å². The molecule has 0 radical (unpaired) electrons. The van der Waals surface area contributed by atoms with Crippen molar-refractivity contribution in [2.75, 3.05) is 11.9 Å². The number of carbonyl (C=O) groups excluding carboxylic acids is 3. The Bertz CT molecular complexity index is 907. The molecule has 1 amide bonds. The summed E-state index contributed by atoms with van der Waals surface area (Å²) >= 11 is 0. The molecule has 2 aromatic carbocycles. The smallest absolute Gasteiger partial charge is 0.338 e. The van der Waals surface area contributed by atoms with E-state index in [1.54, 1.807) is 26.0 Å². The molecule has 0 aliphatic carbocycles. The maximum atomic E-state index is 12.2. The number of nitrogens with zero attached hydrogens (tertiary/aromatic N) is 1. The second-order valence-corrected chi connectivity index (χ2v) is 5.74. The van der Waals surface area contributed by atoms with Gasteiger partial charge in [0.15, 0.2) is 6.61 Å². The summed E-state index contributed by atoms with van der Waals surface area (Å²) in [5, 5.41) is 13.6. The monoisotopic (exact) mass is 370 g/mol. The van der Waals surface area contributed by atoms with Crippen LogP contribution in [-0.4, -0.2) is 29.2 Å². The van der Waals surface area contributed by atoms with E-state index in [-0.39, 0.29) is 22.7 Å². The number of anilines is 1. The minimum atomic E-state index is -0.738. The maximum absolute atomic E-state index is 12.2. The molecule has 0 aliphatic heterocycles. The molecule has 8 nitrogen and oxygen atoms in total. The van der Waals surface area contributed by atoms with Crippen LogP contribution < -0.4 is 5.32 Å². The molecule has 0 heterocycles. The zero-order valence-corrected chi connectivity index (χ0v) is 14.9.